The van der Waals surface area contributed by atoms with Gasteiger partial charge in [0.15, 0.2) is 0 Å². The third kappa shape index (κ3) is 2.35. The molecule has 0 nitrogen and oxygen atoms in total. The summed E-state index contributed by atoms with van der Waals surface area (Å²) in [5.41, 5.74) is 0. The van der Waals surface area contributed by atoms with E-state index in [-0.39, 0.29) is 0 Å². The van der Waals surface area contributed by atoms with Crippen molar-refractivity contribution in [3.05, 3.63) is 10.2 Å². The van der Waals surface area contributed by atoms with Gasteiger partial charge >= 0.3 is 72.0 Å². The first-order valence-corrected chi connectivity index (χ1v) is 10.9. The zero-order valence-electron chi connectivity index (χ0n) is 4.28. The van der Waals surface area contributed by atoms with Gasteiger partial charge in [0.1, 0.15) is 0 Å². The van der Waals surface area contributed by atoms with Crippen molar-refractivity contribution in [2.75, 3.05) is 4.43 Å². The number of hydrogen-bond acceptors (Lipinski definition) is 0. The molecule has 8 heavy (non-hydrogen) atoms. The summed E-state index contributed by atoms with van der Waals surface area (Å²) in [5.74, 6) is 0. The van der Waals surface area contributed by atoms with Crippen LogP contribution in [0.3, 0.4) is 0 Å². The van der Waals surface area contributed by atoms with Crippen LogP contribution >= 0.6 is 46.2 Å². The molecule has 0 saturated heterocycles. The third-order valence-electron chi connectivity index (χ3n) is 0.932. The van der Waals surface area contributed by atoms with Crippen LogP contribution in [-0.4, -0.2) is 9.25 Å². The van der Waals surface area contributed by atoms with Crippen molar-refractivity contribution < 1.29 is 0 Å². The van der Waals surface area contributed by atoms with Gasteiger partial charge in [0.25, 0.3) is 0 Å². The zero-order chi connectivity index (χ0) is 5.98. The Morgan fingerprint density at radius 3 is 2.75 bits per heavy atom. The molecule has 1 unspecified atom stereocenters. The SMILES string of the molecule is BrC1CC=CI(Br)C1. The fraction of sp³-hybridized carbons (Fsp3) is 0.600. The van der Waals surface area contributed by atoms with E-state index in [2.05, 4.69) is 38.8 Å². The fourth-order valence-corrected chi connectivity index (χ4v) is 10.1. The molecule has 1 heterocycles. The Morgan fingerprint density at radius 2 is 2.38 bits per heavy atom. The molecule has 0 saturated carbocycles. The van der Waals surface area contributed by atoms with Gasteiger partial charge in [-0.05, 0) is 0 Å². The molecule has 1 aliphatic rings. The van der Waals surface area contributed by atoms with Crippen LogP contribution in [0, 0.1) is 0 Å². The van der Waals surface area contributed by atoms with E-state index >= 15 is 0 Å². The molecule has 1 atom stereocenters. The molecule has 3 heteroatoms. The Kier molecular flexibility index (Phi) is 3.36. The molecule has 0 radical (unpaired) electrons. The molecule has 0 bridgehead atoms. The minimum absolute atomic E-state index is 0.716. The van der Waals surface area contributed by atoms with Gasteiger partial charge in [-0.1, -0.05) is 0 Å². The van der Waals surface area contributed by atoms with Crippen LogP contribution in [0.1, 0.15) is 6.42 Å². The van der Waals surface area contributed by atoms with E-state index in [1.165, 1.54) is 10.8 Å². The molecule has 0 N–H and O–H groups in total. The van der Waals surface area contributed by atoms with E-state index in [9.17, 15) is 0 Å². The number of halogens is 3. The van der Waals surface area contributed by atoms with E-state index < -0.39 is 17.6 Å². The molecule has 1 aliphatic heterocycles. The van der Waals surface area contributed by atoms with E-state index in [0.717, 1.165) is 4.83 Å². The molecule has 0 fully saturated rings. The van der Waals surface area contributed by atoms with Crippen molar-refractivity contribution in [1.82, 2.24) is 0 Å². The Morgan fingerprint density at radius 1 is 1.62 bits per heavy atom. The fourth-order valence-electron chi connectivity index (χ4n) is 0.570. The zero-order valence-corrected chi connectivity index (χ0v) is 9.61. The minimum atomic E-state index is -0.716. The molecule has 0 aromatic carbocycles. The summed E-state index contributed by atoms with van der Waals surface area (Å²) in [7, 11) is 0. The van der Waals surface area contributed by atoms with E-state index in [1.54, 1.807) is 0 Å². The van der Waals surface area contributed by atoms with Crippen LogP contribution < -0.4 is 0 Å². The number of hydrogen-bond donors (Lipinski definition) is 0. The van der Waals surface area contributed by atoms with Gasteiger partial charge in [-0.3, -0.25) is 0 Å². The summed E-state index contributed by atoms with van der Waals surface area (Å²) in [6.07, 6.45) is 3.50. The third-order valence-corrected chi connectivity index (χ3v) is 9.02. The normalized spacial score (nSPS) is 33.2. The average molecular weight is 354 g/mol. The standard InChI is InChI=1S/C5H7Br2I/c6-5-2-1-3-8(7)4-5/h1,3,5H,2,4H2. The summed E-state index contributed by atoms with van der Waals surface area (Å²) in [6.45, 7) is 0. The van der Waals surface area contributed by atoms with Crippen LogP contribution in [-0.2, 0) is 0 Å². The molecule has 1 rings (SSSR count). The van der Waals surface area contributed by atoms with Gasteiger partial charge in [0, 0.05) is 0 Å². The quantitative estimate of drug-likeness (QED) is 0.462. The van der Waals surface area contributed by atoms with Gasteiger partial charge in [-0.15, -0.1) is 0 Å². The number of rotatable bonds is 0. The first-order valence-electron chi connectivity index (χ1n) is 2.40. The number of alkyl halides is 2. The second-order valence-corrected chi connectivity index (χ2v) is 11.7. The topological polar surface area (TPSA) is 0 Å². The van der Waals surface area contributed by atoms with E-state index in [1.807, 2.05) is 0 Å². The Hall–Kier alpha value is 1.43. The average Bonchev–Trinajstić information content (AvgIpc) is 1.64. The van der Waals surface area contributed by atoms with Crippen molar-refractivity contribution in [3.63, 3.8) is 0 Å². The van der Waals surface area contributed by atoms with Crippen molar-refractivity contribution in [1.29, 1.82) is 0 Å². The molecule has 0 spiro atoms. The summed E-state index contributed by atoms with van der Waals surface area (Å²) >= 11 is 6.54. The second-order valence-electron chi connectivity index (χ2n) is 1.69. The maximum atomic E-state index is 3.67. The molecule has 48 valence electrons. The maximum absolute atomic E-state index is 3.67. The van der Waals surface area contributed by atoms with Gasteiger partial charge in [0.2, 0.25) is 0 Å². The summed E-state index contributed by atoms with van der Waals surface area (Å²) in [4.78, 5) is 0.761. The van der Waals surface area contributed by atoms with E-state index in [0.29, 0.717) is 0 Å². The summed E-state index contributed by atoms with van der Waals surface area (Å²) in [5, 5.41) is 0. The van der Waals surface area contributed by atoms with Crippen LogP contribution in [0.2, 0.25) is 0 Å². The molecular weight excluding hydrogens is 347 g/mol. The first kappa shape index (κ1) is 7.54. The van der Waals surface area contributed by atoms with Crippen molar-refractivity contribution in [3.8, 4) is 0 Å². The van der Waals surface area contributed by atoms with Crippen molar-refractivity contribution in [2.45, 2.75) is 11.2 Å². The van der Waals surface area contributed by atoms with Gasteiger partial charge < -0.3 is 0 Å². The predicted molar refractivity (Wildman–Crippen MR) is 54.3 cm³/mol. The molecular formula is C5H7Br2I. The van der Waals surface area contributed by atoms with Crippen LogP contribution in [0.15, 0.2) is 10.2 Å². The van der Waals surface area contributed by atoms with Crippen LogP contribution in [0.25, 0.3) is 0 Å². The Labute approximate surface area is 71.4 Å². The van der Waals surface area contributed by atoms with Crippen LogP contribution in [0.5, 0.6) is 0 Å². The van der Waals surface area contributed by atoms with Gasteiger partial charge in [-0.2, -0.15) is 0 Å². The van der Waals surface area contributed by atoms with Crippen LogP contribution in [0.4, 0.5) is 0 Å². The van der Waals surface area contributed by atoms with Crippen molar-refractivity contribution in [2.24, 2.45) is 0 Å². The van der Waals surface area contributed by atoms with E-state index in [4.69, 9.17) is 0 Å². The summed E-state index contributed by atoms with van der Waals surface area (Å²) in [6, 6.07) is 0. The number of allylic oxidation sites excluding steroid dienone is 1. The summed E-state index contributed by atoms with van der Waals surface area (Å²) < 4.78 is 3.74. The predicted octanol–water partition coefficient (Wildman–Crippen LogP) is 3.48. The van der Waals surface area contributed by atoms with Crippen molar-refractivity contribution >= 4 is 46.2 Å². The molecule has 0 aromatic heterocycles. The Balaban J connectivity index is 2.42. The molecule has 0 amide bonds. The van der Waals surface area contributed by atoms with Gasteiger partial charge in [0.05, 0.1) is 0 Å². The Bertz CT molecular complexity index is 103. The monoisotopic (exact) mass is 352 g/mol. The first-order chi connectivity index (χ1) is 3.79. The van der Waals surface area contributed by atoms with Gasteiger partial charge in [-0.25, -0.2) is 0 Å². The molecule has 0 aliphatic carbocycles. The second kappa shape index (κ2) is 3.56. The molecule has 0 aromatic rings.